The molecule has 2 N–H and O–H groups in total. The molecule has 0 spiro atoms. The number of hydrogen-bond donors (Lipinski definition) is 2. The quantitative estimate of drug-likeness (QED) is 0.831. The number of guanidine groups is 1. The van der Waals surface area contributed by atoms with E-state index in [4.69, 9.17) is 0 Å². The molecule has 2 aliphatic heterocycles. The van der Waals surface area contributed by atoms with Crippen LogP contribution in [-0.2, 0) is 9.59 Å². The van der Waals surface area contributed by atoms with Crippen LogP contribution in [0.4, 0.5) is 15.8 Å². The first-order valence-electron chi connectivity index (χ1n) is 9.58. The molecule has 2 aromatic carbocycles. The van der Waals surface area contributed by atoms with Gasteiger partial charge in [0.2, 0.25) is 17.8 Å². The molecule has 1 fully saturated rings. The molecule has 0 saturated carbocycles. The first kappa shape index (κ1) is 18.9. The molecule has 0 aliphatic carbocycles. The summed E-state index contributed by atoms with van der Waals surface area (Å²) < 4.78 is 14.0. The number of carbonyl (C=O) groups excluding carboxylic acids is 2. The van der Waals surface area contributed by atoms with E-state index in [1.54, 1.807) is 24.3 Å². The second-order valence-electron chi connectivity index (χ2n) is 7.00. The summed E-state index contributed by atoms with van der Waals surface area (Å²) in [5.41, 5.74) is 1.24. The Balaban J connectivity index is 1.42. The van der Waals surface area contributed by atoms with Crippen molar-refractivity contribution in [1.82, 2.24) is 10.2 Å². The van der Waals surface area contributed by atoms with Gasteiger partial charge in [-0.3, -0.25) is 14.9 Å². The maximum absolute atomic E-state index is 14.0. The Hall–Kier alpha value is -3.42. The summed E-state index contributed by atoms with van der Waals surface area (Å²) in [5.74, 6) is -0.391. The van der Waals surface area contributed by atoms with Crippen molar-refractivity contribution in [2.24, 2.45) is 4.99 Å². The fourth-order valence-corrected chi connectivity index (χ4v) is 3.50. The van der Waals surface area contributed by atoms with Crippen LogP contribution in [0.3, 0.4) is 0 Å². The van der Waals surface area contributed by atoms with Crippen LogP contribution in [0.15, 0.2) is 59.6 Å². The van der Waals surface area contributed by atoms with Crippen LogP contribution in [0.25, 0.3) is 0 Å². The molecule has 2 aliphatic rings. The molecular formula is C21H22FN5O2. The van der Waals surface area contributed by atoms with Gasteiger partial charge >= 0.3 is 0 Å². The van der Waals surface area contributed by atoms with Crippen molar-refractivity contribution < 1.29 is 14.0 Å². The lowest BCUT2D eigenvalue weighted by molar-refractivity contribution is -0.125. The van der Waals surface area contributed by atoms with Crippen LogP contribution in [0.1, 0.15) is 6.42 Å². The highest BCUT2D eigenvalue weighted by atomic mass is 19.1. The maximum Gasteiger partial charge on any atom is 0.249 e. The number of hydrogen-bond acceptors (Lipinski definition) is 5. The van der Waals surface area contributed by atoms with E-state index in [1.807, 2.05) is 34.1 Å². The molecule has 4 rings (SSSR count). The Bertz CT molecular complexity index is 926. The highest BCUT2D eigenvalue weighted by molar-refractivity contribution is 6.06. The molecule has 2 heterocycles. The van der Waals surface area contributed by atoms with Gasteiger partial charge in [-0.15, -0.1) is 0 Å². The van der Waals surface area contributed by atoms with Crippen molar-refractivity contribution in [2.45, 2.75) is 12.5 Å². The number of carbonyl (C=O) groups is 2. The van der Waals surface area contributed by atoms with E-state index >= 15 is 0 Å². The van der Waals surface area contributed by atoms with Gasteiger partial charge in [-0.05, 0) is 24.3 Å². The Morgan fingerprint density at radius 3 is 2.38 bits per heavy atom. The number of anilines is 2. The number of halogens is 1. The molecule has 29 heavy (non-hydrogen) atoms. The first-order chi connectivity index (χ1) is 14.1. The second-order valence-corrected chi connectivity index (χ2v) is 7.00. The van der Waals surface area contributed by atoms with Crippen molar-refractivity contribution in [3.05, 3.63) is 60.4 Å². The number of benzene rings is 2. The smallest absolute Gasteiger partial charge is 0.249 e. The third-order valence-electron chi connectivity index (χ3n) is 5.02. The fourth-order valence-electron chi connectivity index (χ4n) is 3.50. The zero-order chi connectivity index (χ0) is 20.2. The topological polar surface area (TPSA) is 77.0 Å². The Morgan fingerprint density at radius 1 is 1.00 bits per heavy atom. The zero-order valence-electron chi connectivity index (χ0n) is 15.8. The summed E-state index contributed by atoms with van der Waals surface area (Å²) in [7, 11) is 0. The number of nitrogens with zero attached hydrogens (tertiary/aromatic N) is 3. The summed E-state index contributed by atoms with van der Waals surface area (Å²) in [6.07, 6.45) is 0.0113. The van der Waals surface area contributed by atoms with Crippen molar-refractivity contribution >= 4 is 29.1 Å². The highest BCUT2D eigenvalue weighted by Crippen LogP contribution is 2.20. The number of amides is 2. The van der Waals surface area contributed by atoms with Crippen LogP contribution in [-0.4, -0.2) is 54.9 Å². The van der Waals surface area contributed by atoms with Gasteiger partial charge in [-0.2, -0.15) is 0 Å². The Labute approximate surface area is 168 Å². The molecule has 0 radical (unpaired) electrons. The minimum atomic E-state index is -0.774. The molecule has 1 saturated heterocycles. The average Bonchev–Trinajstić information content (AvgIpc) is 2.74. The minimum absolute atomic E-state index is 0.0113. The number of rotatable bonds is 3. The van der Waals surface area contributed by atoms with E-state index in [9.17, 15) is 14.0 Å². The van der Waals surface area contributed by atoms with Gasteiger partial charge < -0.3 is 15.1 Å². The van der Waals surface area contributed by atoms with Crippen LogP contribution >= 0.6 is 0 Å². The van der Waals surface area contributed by atoms with E-state index in [0.29, 0.717) is 43.5 Å². The number of para-hydroxylation sites is 2. The molecule has 1 atom stereocenters. The molecule has 1 unspecified atom stereocenters. The van der Waals surface area contributed by atoms with Gasteiger partial charge in [0.1, 0.15) is 11.9 Å². The van der Waals surface area contributed by atoms with E-state index in [1.165, 1.54) is 6.07 Å². The van der Waals surface area contributed by atoms with Gasteiger partial charge in [-0.1, -0.05) is 30.3 Å². The summed E-state index contributed by atoms with van der Waals surface area (Å²) in [6.45, 7) is 2.33. The molecule has 0 aromatic heterocycles. The second kappa shape index (κ2) is 8.30. The number of piperazine rings is 1. The molecular weight excluding hydrogens is 373 g/mol. The molecule has 8 heteroatoms. The van der Waals surface area contributed by atoms with Crippen molar-refractivity contribution in [1.29, 1.82) is 0 Å². The summed E-state index contributed by atoms with van der Waals surface area (Å²) in [4.78, 5) is 33.1. The molecule has 7 nitrogen and oxygen atoms in total. The standard InChI is InChI=1S/C21H22FN5O2/c22-16-8-4-5-9-18(16)26-10-12-27(13-11-26)21-24-17(14-19(28)25-21)20(29)23-15-6-2-1-3-7-15/h1-9,17H,10-14H2,(H,23,29)(H,24,25,28). The lowest BCUT2D eigenvalue weighted by atomic mass is 10.1. The summed E-state index contributed by atoms with van der Waals surface area (Å²) in [5, 5.41) is 5.56. The molecule has 2 amide bonds. The fraction of sp³-hybridized carbons (Fsp3) is 0.286. The predicted octanol–water partition coefficient (Wildman–Crippen LogP) is 1.83. The average molecular weight is 395 g/mol. The number of nitrogens with one attached hydrogen (secondary N) is 2. The largest absolute Gasteiger partial charge is 0.366 e. The van der Waals surface area contributed by atoms with Gasteiger partial charge in [0.05, 0.1) is 12.1 Å². The van der Waals surface area contributed by atoms with Gasteiger partial charge in [0.15, 0.2) is 0 Å². The van der Waals surface area contributed by atoms with Crippen molar-refractivity contribution in [3.63, 3.8) is 0 Å². The van der Waals surface area contributed by atoms with Gasteiger partial charge in [0.25, 0.3) is 0 Å². The van der Waals surface area contributed by atoms with Gasteiger partial charge in [-0.25, -0.2) is 9.38 Å². The first-order valence-corrected chi connectivity index (χ1v) is 9.58. The van der Waals surface area contributed by atoms with Crippen LogP contribution in [0, 0.1) is 5.82 Å². The van der Waals surface area contributed by atoms with E-state index < -0.39 is 6.04 Å². The Kier molecular flexibility index (Phi) is 5.41. The third kappa shape index (κ3) is 4.37. The summed E-state index contributed by atoms with van der Waals surface area (Å²) >= 11 is 0. The predicted molar refractivity (Wildman–Crippen MR) is 109 cm³/mol. The monoisotopic (exact) mass is 395 g/mol. The summed E-state index contributed by atoms with van der Waals surface area (Å²) in [6, 6.07) is 15.0. The van der Waals surface area contributed by atoms with Crippen LogP contribution in [0.2, 0.25) is 0 Å². The zero-order valence-corrected chi connectivity index (χ0v) is 15.8. The molecule has 0 bridgehead atoms. The maximum atomic E-state index is 14.0. The van der Waals surface area contributed by atoms with E-state index in [-0.39, 0.29) is 24.1 Å². The highest BCUT2D eigenvalue weighted by Gasteiger charge is 2.31. The molecule has 150 valence electrons. The third-order valence-corrected chi connectivity index (χ3v) is 5.02. The molecule has 2 aromatic rings. The lowest BCUT2D eigenvalue weighted by Gasteiger charge is -2.38. The lowest BCUT2D eigenvalue weighted by Crippen LogP contribution is -2.56. The SMILES string of the molecule is O=C1CC(C(=O)Nc2ccccc2)N=C(N2CCN(c3ccccc3F)CC2)N1. The minimum Gasteiger partial charge on any atom is -0.366 e. The number of aliphatic imine (C=N–C) groups is 1. The van der Waals surface area contributed by atoms with Crippen LogP contribution in [0.5, 0.6) is 0 Å². The van der Waals surface area contributed by atoms with E-state index in [2.05, 4.69) is 15.6 Å². The van der Waals surface area contributed by atoms with Crippen molar-refractivity contribution in [2.75, 3.05) is 36.4 Å². The van der Waals surface area contributed by atoms with E-state index in [0.717, 1.165) is 0 Å². The van der Waals surface area contributed by atoms with Gasteiger partial charge in [0, 0.05) is 31.9 Å². The van der Waals surface area contributed by atoms with Crippen LogP contribution < -0.4 is 15.5 Å². The van der Waals surface area contributed by atoms with Crippen molar-refractivity contribution in [3.8, 4) is 0 Å². The Morgan fingerprint density at radius 2 is 1.66 bits per heavy atom. The normalized spacial score (nSPS) is 19.4.